The summed E-state index contributed by atoms with van der Waals surface area (Å²) in [5.41, 5.74) is 0. The van der Waals surface area contributed by atoms with Crippen LogP contribution in [0.15, 0.2) is 0 Å². The number of carboxylic acid groups (broad SMARTS) is 1. The molecule has 0 spiro atoms. The van der Waals surface area contributed by atoms with E-state index in [-0.39, 0.29) is 36.6 Å². The number of carboxylic acids is 1. The van der Waals surface area contributed by atoms with Crippen molar-refractivity contribution in [1.82, 2.24) is 10.6 Å². The van der Waals surface area contributed by atoms with E-state index in [0.29, 0.717) is 12.5 Å². The van der Waals surface area contributed by atoms with Crippen LogP contribution in [-0.2, 0) is 9.59 Å². The van der Waals surface area contributed by atoms with Crippen LogP contribution in [0.5, 0.6) is 0 Å². The van der Waals surface area contributed by atoms with Gasteiger partial charge in [0.2, 0.25) is 5.91 Å². The van der Waals surface area contributed by atoms with Crippen molar-refractivity contribution in [3.63, 3.8) is 0 Å². The number of nitrogens with one attached hydrogen (secondary N) is 2. The Balaban J connectivity index is 0.00000361. The molecule has 0 aromatic heterocycles. The molecule has 1 aliphatic rings. The molecule has 118 valence electrons. The molecule has 1 aliphatic heterocycles. The number of piperidine rings is 1. The molecule has 20 heavy (non-hydrogen) atoms. The molecule has 1 heterocycles. The van der Waals surface area contributed by atoms with Crippen molar-refractivity contribution < 1.29 is 14.7 Å². The van der Waals surface area contributed by atoms with Gasteiger partial charge in [0.05, 0.1) is 5.92 Å². The van der Waals surface area contributed by atoms with Gasteiger partial charge in [-0.15, -0.1) is 12.4 Å². The third-order valence-electron chi connectivity index (χ3n) is 3.50. The van der Waals surface area contributed by atoms with Crippen LogP contribution >= 0.6 is 12.4 Å². The lowest BCUT2D eigenvalue weighted by atomic mass is 9.93. The van der Waals surface area contributed by atoms with Gasteiger partial charge in [-0.3, -0.25) is 9.59 Å². The summed E-state index contributed by atoms with van der Waals surface area (Å²) in [4.78, 5) is 22.8. The number of hydrogen-bond donors (Lipinski definition) is 3. The maximum atomic E-state index is 12.0. The van der Waals surface area contributed by atoms with Crippen molar-refractivity contribution in [3.05, 3.63) is 0 Å². The summed E-state index contributed by atoms with van der Waals surface area (Å²) in [6.07, 6.45) is 2.91. The summed E-state index contributed by atoms with van der Waals surface area (Å²) in [6.45, 7) is 6.33. The third-order valence-corrected chi connectivity index (χ3v) is 3.50. The lowest BCUT2D eigenvalue weighted by Gasteiger charge is -2.24. The van der Waals surface area contributed by atoms with Gasteiger partial charge in [-0.1, -0.05) is 13.8 Å². The van der Waals surface area contributed by atoms with E-state index in [1.807, 2.05) is 0 Å². The van der Waals surface area contributed by atoms with E-state index >= 15 is 0 Å². The van der Waals surface area contributed by atoms with Crippen molar-refractivity contribution in [2.45, 2.75) is 39.5 Å². The van der Waals surface area contributed by atoms with E-state index < -0.39 is 5.97 Å². The monoisotopic (exact) mass is 306 g/mol. The molecular weight excluding hydrogens is 280 g/mol. The molecule has 1 amide bonds. The first kappa shape index (κ1) is 19.2. The van der Waals surface area contributed by atoms with Gasteiger partial charge in [-0.25, -0.2) is 0 Å². The Kier molecular flexibility index (Phi) is 9.59. The second kappa shape index (κ2) is 10.00. The molecule has 5 nitrogen and oxygen atoms in total. The predicted molar refractivity (Wildman–Crippen MR) is 81.0 cm³/mol. The summed E-state index contributed by atoms with van der Waals surface area (Å²) in [5, 5.41) is 15.0. The zero-order valence-corrected chi connectivity index (χ0v) is 13.2. The van der Waals surface area contributed by atoms with Crippen LogP contribution in [0.4, 0.5) is 0 Å². The normalized spacial score (nSPS) is 20.1. The van der Waals surface area contributed by atoms with Gasteiger partial charge in [-0.05, 0) is 37.6 Å². The Morgan fingerprint density at radius 2 is 2.10 bits per heavy atom. The summed E-state index contributed by atoms with van der Waals surface area (Å²) < 4.78 is 0. The molecule has 0 radical (unpaired) electrons. The smallest absolute Gasteiger partial charge is 0.303 e. The molecule has 0 aliphatic carbocycles. The molecule has 1 rings (SSSR count). The minimum atomic E-state index is -0.792. The summed E-state index contributed by atoms with van der Waals surface area (Å²) in [7, 11) is 0. The summed E-state index contributed by atoms with van der Waals surface area (Å²) in [6, 6.07) is 0. The van der Waals surface area contributed by atoms with Gasteiger partial charge in [0.25, 0.3) is 0 Å². The number of halogens is 1. The van der Waals surface area contributed by atoms with Crippen LogP contribution in [0, 0.1) is 17.8 Å². The second-order valence-corrected chi connectivity index (χ2v) is 5.88. The molecule has 0 saturated carbocycles. The standard InChI is InChI=1S/C14H26N2O3.ClH/c1-10(2)6-11(7-13(17)18)8-16-14(19)12-4-3-5-15-9-12;/h10-12,15H,3-9H2,1-2H3,(H,16,19)(H,17,18);1H/t11-,12?;/m0./s1. The van der Waals surface area contributed by atoms with Gasteiger partial charge < -0.3 is 15.7 Å². The molecule has 1 saturated heterocycles. The predicted octanol–water partition coefficient (Wildman–Crippen LogP) is 1.66. The minimum Gasteiger partial charge on any atom is -0.481 e. The molecule has 3 N–H and O–H groups in total. The maximum Gasteiger partial charge on any atom is 0.303 e. The molecular formula is C14H27ClN2O3. The topological polar surface area (TPSA) is 78.4 Å². The largest absolute Gasteiger partial charge is 0.481 e. The van der Waals surface area contributed by atoms with Crippen LogP contribution in [0.2, 0.25) is 0 Å². The fourth-order valence-electron chi connectivity index (χ4n) is 2.62. The first-order valence-corrected chi connectivity index (χ1v) is 7.19. The number of carbonyl (C=O) groups is 2. The highest BCUT2D eigenvalue weighted by Gasteiger charge is 2.22. The highest BCUT2D eigenvalue weighted by molar-refractivity contribution is 5.85. The fourth-order valence-corrected chi connectivity index (χ4v) is 2.62. The maximum absolute atomic E-state index is 12.0. The van der Waals surface area contributed by atoms with E-state index in [2.05, 4.69) is 24.5 Å². The van der Waals surface area contributed by atoms with E-state index in [4.69, 9.17) is 5.11 Å². The van der Waals surface area contributed by atoms with E-state index in [1.54, 1.807) is 0 Å². The highest BCUT2D eigenvalue weighted by Crippen LogP contribution is 2.15. The second-order valence-electron chi connectivity index (χ2n) is 5.88. The Hall–Kier alpha value is -0.810. The van der Waals surface area contributed by atoms with Crippen LogP contribution in [0.25, 0.3) is 0 Å². The first-order chi connectivity index (χ1) is 8.99. The van der Waals surface area contributed by atoms with Crippen LogP contribution < -0.4 is 10.6 Å². The van der Waals surface area contributed by atoms with Crippen molar-refractivity contribution in [2.24, 2.45) is 17.8 Å². The number of hydrogen-bond acceptors (Lipinski definition) is 3. The van der Waals surface area contributed by atoms with Gasteiger partial charge in [-0.2, -0.15) is 0 Å². The molecule has 0 aromatic carbocycles. The number of carbonyl (C=O) groups excluding carboxylic acids is 1. The first-order valence-electron chi connectivity index (χ1n) is 7.19. The Morgan fingerprint density at radius 1 is 1.40 bits per heavy atom. The third kappa shape index (κ3) is 7.70. The molecule has 2 atom stereocenters. The van der Waals surface area contributed by atoms with Gasteiger partial charge in [0.1, 0.15) is 0 Å². The van der Waals surface area contributed by atoms with Crippen molar-refractivity contribution in [2.75, 3.05) is 19.6 Å². The Labute approximate surface area is 127 Å². The van der Waals surface area contributed by atoms with Gasteiger partial charge >= 0.3 is 5.97 Å². The minimum absolute atomic E-state index is 0. The summed E-state index contributed by atoms with van der Waals surface area (Å²) in [5.74, 6) is -0.223. The SMILES string of the molecule is CC(C)C[C@H](CNC(=O)C1CCCNC1)CC(=O)O.Cl. The zero-order chi connectivity index (χ0) is 14.3. The van der Waals surface area contributed by atoms with E-state index in [9.17, 15) is 9.59 Å². The van der Waals surface area contributed by atoms with Crippen molar-refractivity contribution in [1.29, 1.82) is 0 Å². The Morgan fingerprint density at radius 3 is 2.60 bits per heavy atom. The van der Waals surface area contributed by atoms with Crippen LogP contribution in [0.1, 0.15) is 39.5 Å². The highest BCUT2D eigenvalue weighted by atomic mass is 35.5. The lowest BCUT2D eigenvalue weighted by molar-refractivity contribution is -0.138. The average Bonchev–Trinajstić information content (AvgIpc) is 2.35. The fraction of sp³-hybridized carbons (Fsp3) is 0.857. The number of amides is 1. The van der Waals surface area contributed by atoms with Crippen LogP contribution in [-0.4, -0.2) is 36.6 Å². The number of aliphatic carboxylic acids is 1. The zero-order valence-electron chi connectivity index (χ0n) is 12.4. The van der Waals surface area contributed by atoms with E-state index in [0.717, 1.165) is 32.4 Å². The van der Waals surface area contributed by atoms with Crippen LogP contribution in [0.3, 0.4) is 0 Å². The van der Waals surface area contributed by atoms with Crippen molar-refractivity contribution >= 4 is 24.3 Å². The van der Waals surface area contributed by atoms with Gasteiger partial charge in [0, 0.05) is 19.5 Å². The molecule has 0 aromatic rings. The van der Waals surface area contributed by atoms with Gasteiger partial charge in [0.15, 0.2) is 0 Å². The Bertz CT molecular complexity index is 305. The molecule has 1 fully saturated rings. The lowest BCUT2D eigenvalue weighted by Crippen LogP contribution is -2.42. The van der Waals surface area contributed by atoms with E-state index in [1.165, 1.54) is 0 Å². The summed E-state index contributed by atoms with van der Waals surface area (Å²) >= 11 is 0. The van der Waals surface area contributed by atoms with Crippen molar-refractivity contribution in [3.8, 4) is 0 Å². The number of rotatable bonds is 7. The quantitative estimate of drug-likeness (QED) is 0.668. The molecule has 0 bridgehead atoms. The average molecular weight is 307 g/mol. The molecule has 6 heteroatoms. The molecule has 1 unspecified atom stereocenters.